The number of hydrogen-bond donors (Lipinski definition) is 2. The second-order valence-electron chi connectivity index (χ2n) is 7.03. The molecular weight excluding hydrogens is 361 g/mol. The highest BCUT2D eigenvalue weighted by molar-refractivity contribution is 5.71. The van der Waals surface area contributed by atoms with Crippen LogP contribution < -0.4 is 15.8 Å². The van der Waals surface area contributed by atoms with Gasteiger partial charge in [-0.05, 0) is 30.3 Å². The molecule has 0 radical (unpaired) electrons. The zero-order chi connectivity index (χ0) is 20.6. The number of carbonyl (C=O) groups is 1. The highest BCUT2D eigenvalue weighted by Crippen LogP contribution is 2.23. The summed E-state index contributed by atoms with van der Waals surface area (Å²) >= 11 is 0. The van der Waals surface area contributed by atoms with Crippen molar-refractivity contribution in [2.75, 3.05) is 11.1 Å². The van der Waals surface area contributed by atoms with Gasteiger partial charge in [0.05, 0.1) is 0 Å². The smallest absolute Gasteiger partial charge is 0.211 e. The Hall–Kier alpha value is -3.35. The van der Waals surface area contributed by atoms with Gasteiger partial charge in [0.1, 0.15) is 23.9 Å². The van der Waals surface area contributed by atoms with Gasteiger partial charge in [0, 0.05) is 22.7 Å². The average molecular weight is 385 g/mol. The number of aromatic nitrogens is 1. The van der Waals surface area contributed by atoms with Crippen LogP contribution in [-0.2, 0) is 16.8 Å². The monoisotopic (exact) mass is 385 g/mol. The van der Waals surface area contributed by atoms with E-state index in [-0.39, 0.29) is 17.8 Å². The van der Waals surface area contributed by atoms with Crippen LogP contribution in [-0.4, -0.2) is 11.6 Å². The number of nitrogens with zero attached hydrogens (tertiary/aromatic N) is 1. The molecule has 0 aliphatic heterocycles. The number of nitrogens with one attached hydrogen (secondary N) is 1. The number of anilines is 2. The second-order valence-corrected chi connectivity index (χ2v) is 7.03. The molecule has 148 valence electrons. The van der Waals surface area contributed by atoms with E-state index in [0.717, 1.165) is 5.76 Å². The van der Waals surface area contributed by atoms with Crippen LogP contribution in [0.2, 0.25) is 0 Å². The molecule has 0 unspecified atom stereocenters. The molecule has 0 bridgehead atoms. The number of benzene rings is 2. The normalized spacial score (nSPS) is 10.6. The summed E-state index contributed by atoms with van der Waals surface area (Å²) in [6.45, 7) is 6.32. The van der Waals surface area contributed by atoms with E-state index in [2.05, 4.69) is 10.5 Å². The van der Waals surface area contributed by atoms with Crippen LogP contribution in [0, 0.1) is 5.82 Å². The maximum Gasteiger partial charge on any atom is 0.211 e. The van der Waals surface area contributed by atoms with Crippen molar-refractivity contribution in [3.8, 4) is 5.75 Å². The lowest BCUT2D eigenvalue weighted by atomic mass is 9.93. The summed E-state index contributed by atoms with van der Waals surface area (Å²) in [5, 5.41) is 6.11. The van der Waals surface area contributed by atoms with Gasteiger partial charge in [0.2, 0.25) is 6.41 Å². The first-order chi connectivity index (χ1) is 13.3. The fourth-order valence-corrected chi connectivity index (χ4v) is 2.13. The molecule has 7 heteroatoms. The molecule has 6 nitrogen and oxygen atoms in total. The minimum absolute atomic E-state index is 0.00458. The maximum atomic E-state index is 13.3. The first-order valence-corrected chi connectivity index (χ1v) is 8.68. The molecule has 0 saturated carbocycles. The predicted molar refractivity (Wildman–Crippen MR) is 106 cm³/mol. The topological polar surface area (TPSA) is 90.4 Å². The summed E-state index contributed by atoms with van der Waals surface area (Å²) < 4.78 is 23.7. The number of amides is 1. The second kappa shape index (κ2) is 9.55. The molecule has 1 aromatic heterocycles. The van der Waals surface area contributed by atoms with Crippen LogP contribution in [0.4, 0.5) is 15.9 Å². The lowest BCUT2D eigenvalue weighted by molar-refractivity contribution is -0.105. The number of nitrogen functional groups attached to an aromatic ring is 1. The SMILES string of the molecule is CC(C)(C)c1cc(N)no1.O=CNc1ccc(OCc2ccccc2F)cc1. The Morgan fingerprint density at radius 3 is 2.36 bits per heavy atom. The molecule has 0 aliphatic carbocycles. The van der Waals surface area contributed by atoms with E-state index < -0.39 is 0 Å². The molecule has 0 spiro atoms. The molecule has 3 rings (SSSR count). The molecule has 1 heterocycles. The van der Waals surface area contributed by atoms with E-state index in [4.69, 9.17) is 15.0 Å². The van der Waals surface area contributed by atoms with E-state index in [1.807, 2.05) is 20.8 Å². The van der Waals surface area contributed by atoms with Crippen LogP contribution >= 0.6 is 0 Å². The highest BCUT2D eigenvalue weighted by Gasteiger charge is 2.18. The molecule has 0 fully saturated rings. The van der Waals surface area contributed by atoms with Crippen molar-refractivity contribution in [1.29, 1.82) is 0 Å². The van der Waals surface area contributed by atoms with Gasteiger partial charge in [-0.1, -0.05) is 44.1 Å². The number of halogens is 1. The van der Waals surface area contributed by atoms with E-state index in [0.29, 0.717) is 29.2 Å². The zero-order valence-electron chi connectivity index (χ0n) is 16.1. The molecule has 28 heavy (non-hydrogen) atoms. The summed E-state index contributed by atoms with van der Waals surface area (Å²) in [6, 6.07) is 15.1. The van der Waals surface area contributed by atoms with E-state index in [1.165, 1.54) is 6.07 Å². The van der Waals surface area contributed by atoms with Crippen molar-refractivity contribution in [3.63, 3.8) is 0 Å². The molecule has 0 atom stereocenters. The van der Waals surface area contributed by atoms with Gasteiger partial charge < -0.3 is 20.3 Å². The number of nitrogens with two attached hydrogens (primary N) is 1. The molecular formula is C21H24FN3O3. The minimum atomic E-state index is -0.281. The summed E-state index contributed by atoms with van der Waals surface area (Å²) in [5.41, 5.74) is 6.57. The van der Waals surface area contributed by atoms with Crippen LogP contribution in [0.25, 0.3) is 0 Å². The minimum Gasteiger partial charge on any atom is -0.489 e. The Balaban J connectivity index is 0.000000237. The molecule has 3 aromatic rings. The highest BCUT2D eigenvalue weighted by atomic mass is 19.1. The zero-order valence-corrected chi connectivity index (χ0v) is 16.1. The summed E-state index contributed by atoms with van der Waals surface area (Å²) in [5.74, 6) is 1.61. The van der Waals surface area contributed by atoms with Crippen molar-refractivity contribution in [3.05, 3.63) is 71.7 Å². The van der Waals surface area contributed by atoms with Crippen molar-refractivity contribution >= 4 is 17.9 Å². The van der Waals surface area contributed by atoms with Gasteiger partial charge in [-0.2, -0.15) is 0 Å². The van der Waals surface area contributed by atoms with E-state index >= 15 is 0 Å². The quantitative estimate of drug-likeness (QED) is 0.630. The van der Waals surface area contributed by atoms with Crippen LogP contribution in [0.15, 0.2) is 59.1 Å². The molecule has 0 saturated heterocycles. The first kappa shape index (κ1) is 21.0. The Labute approximate surface area is 163 Å². The summed E-state index contributed by atoms with van der Waals surface area (Å²) in [7, 11) is 0. The number of hydrogen-bond acceptors (Lipinski definition) is 5. The van der Waals surface area contributed by atoms with E-state index in [1.54, 1.807) is 48.5 Å². The van der Waals surface area contributed by atoms with Gasteiger partial charge in [0.25, 0.3) is 0 Å². The Bertz CT molecular complexity index is 886. The van der Waals surface area contributed by atoms with Crippen LogP contribution in [0.3, 0.4) is 0 Å². The van der Waals surface area contributed by atoms with Gasteiger partial charge in [-0.25, -0.2) is 4.39 Å². The van der Waals surface area contributed by atoms with Gasteiger partial charge >= 0.3 is 0 Å². The average Bonchev–Trinajstić information content (AvgIpc) is 3.10. The van der Waals surface area contributed by atoms with Gasteiger partial charge in [-0.3, -0.25) is 4.79 Å². The Morgan fingerprint density at radius 1 is 1.18 bits per heavy atom. The molecule has 3 N–H and O–H groups in total. The van der Waals surface area contributed by atoms with Crippen molar-refractivity contribution in [2.45, 2.75) is 32.8 Å². The van der Waals surface area contributed by atoms with Crippen LogP contribution in [0.1, 0.15) is 32.1 Å². The van der Waals surface area contributed by atoms with Crippen molar-refractivity contribution in [2.24, 2.45) is 0 Å². The first-order valence-electron chi connectivity index (χ1n) is 8.68. The fourth-order valence-electron chi connectivity index (χ4n) is 2.13. The van der Waals surface area contributed by atoms with Gasteiger partial charge in [-0.15, -0.1) is 0 Å². The molecule has 0 aliphatic rings. The largest absolute Gasteiger partial charge is 0.489 e. The third kappa shape index (κ3) is 6.42. The Kier molecular flexibility index (Phi) is 7.14. The number of carbonyl (C=O) groups excluding carboxylic acids is 1. The third-order valence-corrected chi connectivity index (χ3v) is 3.70. The Morgan fingerprint density at radius 2 is 1.86 bits per heavy atom. The standard InChI is InChI=1S/C14H12FNO2.C7H12N2O/c15-14-4-2-1-3-11(14)9-18-13-7-5-12(6-8-13)16-10-17;1-7(2,3)5-4-6(8)9-10-5/h1-8,10H,9H2,(H,16,17);4H,1-3H3,(H2,8,9). The maximum absolute atomic E-state index is 13.3. The van der Waals surface area contributed by atoms with Crippen molar-refractivity contribution in [1.82, 2.24) is 5.16 Å². The molecule has 2 aromatic carbocycles. The number of rotatable bonds is 5. The third-order valence-electron chi connectivity index (χ3n) is 3.70. The number of ether oxygens (including phenoxy) is 1. The lowest BCUT2D eigenvalue weighted by Gasteiger charge is -2.11. The van der Waals surface area contributed by atoms with Crippen LogP contribution in [0.5, 0.6) is 5.75 Å². The fraction of sp³-hybridized carbons (Fsp3) is 0.238. The van der Waals surface area contributed by atoms with Crippen molar-refractivity contribution < 1.29 is 18.4 Å². The molecule has 1 amide bonds. The van der Waals surface area contributed by atoms with Gasteiger partial charge in [0.15, 0.2) is 5.82 Å². The van der Waals surface area contributed by atoms with E-state index in [9.17, 15) is 9.18 Å². The summed E-state index contributed by atoms with van der Waals surface area (Å²) in [6.07, 6.45) is 0.606. The predicted octanol–water partition coefficient (Wildman–Crippen LogP) is 4.53. The summed E-state index contributed by atoms with van der Waals surface area (Å²) in [4.78, 5) is 10.2. The lowest BCUT2D eigenvalue weighted by Crippen LogP contribution is -2.09.